The van der Waals surface area contributed by atoms with Crippen LogP contribution in [0, 0.1) is 0 Å². The number of nitrogens with one attached hydrogen (secondary N) is 1. The van der Waals surface area contributed by atoms with Crippen molar-refractivity contribution in [1.29, 1.82) is 0 Å². The Kier molecular flexibility index (Phi) is 8.68. The van der Waals surface area contributed by atoms with Gasteiger partial charge in [-0.1, -0.05) is 92.4 Å². The fourth-order valence-corrected chi connectivity index (χ4v) is 5.91. The van der Waals surface area contributed by atoms with Gasteiger partial charge in [-0.3, -0.25) is 0 Å². The maximum absolute atomic E-state index is 6.13. The molecule has 3 aromatic carbocycles. The second-order valence-electron chi connectivity index (χ2n) is 12.0. The zero-order chi connectivity index (χ0) is 31.4. The highest BCUT2D eigenvalue weighted by Gasteiger charge is 2.26. The minimum absolute atomic E-state index is 0.432. The van der Waals surface area contributed by atoms with E-state index in [-0.39, 0.29) is 0 Å². The predicted octanol–water partition coefficient (Wildman–Crippen LogP) is 8.00. The Morgan fingerprint density at radius 1 is 0.778 bits per heavy atom. The van der Waals surface area contributed by atoms with E-state index in [0.717, 1.165) is 51.9 Å². The summed E-state index contributed by atoms with van der Waals surface area (Å²) in [5.41, 5.74) is 6.00. The van der Waals surface area contributed by atoms with E-state index in [1.54, 1.807) is 25.1 Å². The average Bonchev–Trinajstić information content (AvgIpc) is 3.67. The van der Waals surface area contributed by atoms with Crippen molar-refractivity contribution >= 4 is 25.4 Å². The molecule has 0 aliphatic carbocycles. The Balaban J connectivity index is 1.49. The zero-order valence-electron chi connectivity index (χ0n) is 26.3. The van der Waals surface area contributed by atoms with Crippen LogP contribution < -0.4 is 14.8 Å². The van der Waals surface area contributed by atoms with Gasteiger partial charge in [0.1, 0.15) is 29.8 Å². The SMILES string of the molecule is COc1ccc(-c2c(Nc3cn(COCC[Si](C)(C)C)cn3)nc3c(-c4ccccc4)c(-c4ccccc4)nn3c2OC)cc1. The summed E-state index contributed by atoms with van der Waals surface area (Å²) in [4.78, 5) is 9.86. The third-order valence-corrected chi connectivity index (χ3v) is 9.22. The van der Waals surface area contributed by atoms with Crippen molar-refractivity contribution in [1.82, 2.24) is 24.1 Å². The fourth-order valence-electron chi connectivity index (χ4n) is 5.15. The van der Waals surface area contributed by atoms with Crippen LogP contribution in [0.3, 0.4) is 0 Å². The molecule has 0 aliphatic rings. The molecule has 0 radical (unpaired) electrons. The van der Waals surface area contributed by atoms with Crippen LogP contribution in [0.4, 0.5) is 11.6 Å². The number of fused-ring (bicyclic) bond motifs is 1. The first-order valence-electron chi connectivity index (χ1n) is 15.0. The number of imidazole rings is 1. The summed E-state index contributed by atoms with van der Waals surface area (Å²) in [5.74, 6) is 2.53. The molecule has 3 heterocycles. The molecule has 0 saturated heterocycles. The van der Waals surface area contributed by atoms with Crippen molar-refractivity contribution in [2.24, 2.45) is 0 Å². The maximum Gasteiger partial charge on any atom is 0.228 e. The number of nitrogens with zero attached hydrogens (tertiary/aromatic N) is 5. The zero-order valence-corrected chi connectivity index (χ0v) is 27.3. The van der Waals surface area contributed by atoms with Crippen LogP contribution in [0.25, 0.3) is 39.2 Å². The first-order chi connectivity index (χ1) is 21.8. The number of hydrogen-bond acceptors (Lipinski definition) is 7. The molecule has 0 unspecified atom stereocenters. The van der Waals surface area contributed by atoms with E-state index in [4.69, 9.17) is 24.3 Å². The van der Waals surface area contributed by atoms with E-state index in [1.807, 2.05) is 71.4 Å². The normalized spacial score (nSPS) is 11.6. The van der Waals surface area contributed by atoms with E-state index < -0.39 is 8.07 Å². The molecule has 9 nitrogen and oxygen atoms in total. The lowest BCUT2D eigenvalue weighted by molar-refractivity contribution is 0.0872. The smallest absolute Gasteiger partial charge is 0.228 e. The number of ether oxygens (including phenoxy) is 3. The molecular weight excluding hydrogens is 581 g/mol. The summed E-state index contributed by atoms with van der Waals surface area (Å²) in [6.45, 7) is 8.21. The van der Waals surface area contributed by atoms with E-state index in [1.165, 1.54) is 0 Å². The van der Waals surface area contributed by atoms with Crippen molar-refractivity contribution < 1.29 is 14.2 Å². The van der Waals surface area contributed by atoms with Crippen LogP contribution in [0.5, 0.6) is 11.6 Å². The molecule has 0 bridgehead atoms. The highest BCUT2D eigenvalue weighted by atomic mass is 28.3. The summed E-state index contributed by atoms with van der Waals surface area (Å²) in [6.07, 6.45) is 3.69. The highest BCUT2D eigenvalue weighted by Crippen LogP contribution is 2.42. The molecule has 6 rings (SSSR count). The molecule has 0 amide bonds. The predicted molar refractivity (Wildman–Crippen MR) is 182 cm³/mol. The largest absolute Gasteiger partial charge is 0.497 e. The summed E-state index contributed by atoms with van der Waals surface area (Å²) in [7, 11) is 2.15. The number of anilines is 2. The Hall–Kier alpha value is -4.93. The molecule has 230 valence electrons. The lowest BCUT2D eigenvalue weighted by Crippen LogP contribution is -2.21. The van der Waals surface area contributed by atoms with Gasteiger partial charge >= 0.3 is 0 Å². The van der Waals surface area contributed by atoms with Crippen LogP contribution in [0.15, 0.2) is 97.5 Å². The second-order valence-corrected chi connectivity index (χ2v) is 17.6. The average molecular weight is 619 g/mol. The van der Waals surface area contributed by atoms with Crippen LogP contribution in [0.2, 0.25) is 25.7 Å². The van der Waals surface area contributed by atoms with E-state index in [0.29, 0.717) is 29.9 Å². The molecule has 10 heteroatoms. The number of rotatable bonds is 12. The van der Waals surface area contributed by atoms with Crippen LogP contribution in [0.1, 0.15) is 0 Å². The molecule has 1 N–H and O–H groups in total. The van der Waals surface area contributed by atoms with Crippen molar-refractivity contribution in [2.45, 2.75) is 32.4 Å². The maximum atomic E-state index is 6.13. The Bertz CT molecular complexity index is 1880. The molecule has 0 atom stereocenters. The monoisotopic (exact) mass is 618 g/mol. The van der Waals surface area contributed by atoms with Gasteiger partial charge in [-0.15, -0.1) is 0 Å². The quantitative estimate of drug-likeness (QED) is 0.110. The number of benzene rings is 3. The van der Waals surface area contributed by atoms with Gasteiger partial charge in [0, 0.05) is 20.2 Å². The van der Waals surface area contributed by atoms with Gasteiger partial charge in [0.05, 0.1) is 37.9 Å². The number of aromatic nitrogens is 5. The standard InChI is InChI=1S/C35H38N6O3Si/c1-42-28-18-16-26(17-19-28)31-33(37-29-22-40(23-36-29)24-44-20-21-45(3,4)5)38-34-30(25-12-8-6-9-13-25)32(27-14-10-7-11-15-27)39-41(34)35(31)43-2/h6-19,22-23H,20-21,24H2,1-5H3,(H,37,38). The molecule has 0 aliphatic heterocycles. The van der Waals surface area contributed by atoms with Crippen LogP contribution in [-0.2, 0) is 11.5 Å². The third kappa shape index (κ3) is 6.62. The molecule has 6 aromatic rings. The van der Waals surface area contributed by atoms with Crippen LogP contribution in [-0.4, -0.2) is 53.0 Å². The summed E-state index contributed by atoms with van der Waals surface area (Å²) in [6, 6.07) is 29.3. The Morgan fingerprint density at radius 2 is 1.44 bits per heavy atom. The number of methoxy groups -OCH3 is 2. The second kappa shape index (κ2) is 13.0. The Morgan fingerprint density at radius 3 is 2.09 bits per heavy atom. The van der Waals surface area contributed by atoms with Crippen LogP contribution >= 0.6 is 0 Å². The van der Waals surface area contributed by atoms with Gasteiger partial charge in [-0.05, 0) is 29.3 Å². The van der Waals surface area contributed by atoms with Crippen molar-refractivity contribution in [2.75, 3.05) is 26.1 Å². The van der Waals surface area contributed by atoms with E-state index >= 15 is 0 Å². The summed E-state index contributed by atoms with van der Waals surface area (Å²) in [5, 5.41) is 8.59. The molecular formula is C35H38N6O3Si. The van der Waals surface area contributed by atoms with E-state index in [2.05, 4.69) is 54.2 Å². The minimum atomic E-state index is -1.16. The first-order valence-corrected chi connectivity index (χ1v) is 18.7. The van der Waals surface area contributed by atoms with Crippen molar-refractivity contribution in [3.05, 3.63) is 97.5 Å². The molecule has 3 aromatic heterocycles. The lowest BCUT2D eigenvalue weighted by Gasteiger charge is -2.16. The third-order valence-electron chi connectivity index (χ3n) is 7.52. The Labute approximate surface area is 264 Å². The van der Waals surface area contributed by atoms with Gasteiger partial charge in [0.2, 0.25) is 5.88 Å². The van der Waals surface area contributed by atoms with Gasteiger partial charge in [-0.25, -0.2) is 9.97 Å². The van der Waals surface area contributed by atoms with Gasteiger partial charge < -0.3 is 24.1 Å². The topological polar surface area (TPSA) is 87.7 Å². The summed E-state index contributed by atoms with van der Waals surface area (Å²) >= 11 is 0. The fraction of sp³-hybridized carbons (Fsp3) is 0.229. The molecule has 45 heavy (non-hydrogen) atoms. The molecule has 0 fully saturated rings. The molecule has 0 spiro atoms. The van der Waals surface area contributed by atoms with Gasteiger partial charge in [-0.2, -0.15) is 9.61 Å². The van der Waals surface area contributed by atoms with Crippen molar-refractivity contribution in [3.8, 4) is 45.1 Å². The summed E-state index contributed by atoms with van der Waals surface area (Å²) < 4.78 is 21.2. The highest BCUT2D eigenvalue weighted by molar-refractivity contribution is 6.76. The van der Waals surface area contributed by atoms with Gasteiger partial charge in [0.15, 0.2) is 5.65 Å². The molecule has 0 saturated carbocycles. The number of hydrogen-bond donors (Lipinski definition) is 1. The van der Waals surface area contributed by atoms with Gasteiger partial charge in [0.25, 0.3) is 0 Å². The first kappa shape index (κ1) is 30.1. The lowest BCUT2D eigenvalue weighted by atomic mass is 10.0. The van der Waals surface area contributed by atoms with E-state index in [9.17, 15) is 0 Å². The minimum Gasteiger partial charge on any atom is -0.497 e. The van der Waals surface area contributed by atoms with Crippen molar-refractivity contribution in [3.63, 3.8) is 0 Å².